The molecule has 0 atom stereocenters. The molecule has 2 heterocycles. The Morgan fingerprint density at radius 1 is 1.13 bits per heavy atom. The number of carbonyl (C=O) groups excluding carboxylic acids is 1. The Labute approximate surface area is 134 Å². The topological polar surface area (TPSA) is 57.0 Å². The fraction of sp³-hybridized carbons (Fsp3) is 0.278. The maximum absolute atomic E-state index is 12.5. The molecule has 118 valence electrons. The van der Waals surface area contributed by atoms with Gasteiger partial charge in [0, 0.05) is 18.6 Å². The van der Waals surface area contributed by atoms with Crippen LogP contribution in [0.25, 0.3) is 11.0 Å². The van der Waals surface area contributed by atoms with E-state index in [1.165, 1.54) is 6.20 Å². The molecule has 1 aromatic carbocycles. The highest BCUT2D eigenvalue weighted by molar-refractivity contribution is 5.95. The minimum absolute atomic E-state index is 0.403. The van der Waals surface area contributed by atoms with Crippen LogP contribution in [0.3, 0.4) is 0 Å². The van der Waals surface area contributed by atoms with Crippen molar-refractivity contribution >= 4 is 17.0 Å². The van der Waals surface area contributed by atoms with E-state index in [0.717, 1.165) is 33.4 Å². The van der Waals surface area contributed by atoms with Gasteiger partial charge < -0.3 is 4.74 Å². The van der Waals surface area contributed by atoms with Gasteiger partial charge in [0.2, 0.25) is 0 Å². The van der Waals surface area contributed by atoms with Gasteiger partial charge in [-0.2, -0.15) is 5.10 Å². The number of nitrogens with zero attached hydrogens (tertiary/aromatic N) is 3. The number of pyridine rings is 1. The molecule has 0 aliphatic heterocycles. The van der Waals surface area contributed by atoms with Gasteiger partial charge in [0.25, 0.3) is 0 Å². The average molecular weight is 309 g/mol. The number of hydrogen-bond acceptors (Lipinski definition) is 4. The third-order valence-electron chi connectivity index (χ3n) is 4.17. The summed E-state index contributed by atoms with van der Waals surface area (Å²) in [6.45, 7) is 7.78. The largest absolute Gasteiger partial charge is 0.422 e. The van der Waals surface area contributed by atoms with Gasteiger partial charge in [-0.05, 0) is 50.5 Å². The third kappa shape index (κ3) is 2.59. The molecular formula is C18H19N3O2. The van der Waals surface area contributed by atoms with Crippen molar-refractivity contribution in [1.29, 1.82) is 0 Å². The van der Waals surface area contributed by atoms with Gasteiger partial charge in [0.15, 0.2) is 5.65 Å². The van der Waals surface area contributed by atoms with E-state index in [1.807, 2.05) is 46.9 Å². The number of esters is 1. The van der Waals surface area contributed by atoms with Gasteiger partial charge in [0.1, 0.15) is 5.75 Å². The van der Waals surface area contributed by atoms with E-state index in [-0.39, 0.29) is 0 Å². The van der Waals surface area contributed by atoms with Gasteiger partial charge in [-0.25, -0.2) is 9.78 Å². The van der Waals surface area contributed by atoms with Crippen LogP contribution >= 0.6 is 0 Å². The number of carbonyl (C=O) groups is 1. The molecule has 0 unspecified atom stereocenters. The first kappa shape index (κ1) is 15.2. The number of fused-ring (bicyclic) bond motifs is 1. The maximum atomic E-state index is 12.5. The fourth-order valence-corrected chi connectivity index (χ4v) is 2.65. The number of ether oxygens (including phenoxy) is 1. The third-order valence-corrected chi connectivity index (χ3v) is 4.17. The van der Waals surface area contributed by atoms with Gasteiger partial charge in [-0.3, -0.25) is 4.68 Å². The molecular weight excluding hydrogens is 290 g/mol. The second-order valence-electron chi connectivity index (χ2n) is 5.85. The molecule has 0 saturated heterocycles. The van der Waals surface area contributed by atoms with Crippen LogP contribution in [0.1, 0.15) is 32.7 Å². The molecule has 3 rings (SSSR count). The van der Waals surface area contributed by atoms with Gasteiger partial charge >= 0.3 is 5.97 Å². The SMILES string of the molecule is Cc1ccc(C)c(OC(=O)c2cnc3c(c2)c(C)nn3C)c1C. The quantitative estimate of drug-likeness (QED) is 0.537. The van der Waals surface area contributed by atoms with Crippen LogP contribution in [-0.4, -0.2) is 20.7 Å². The van der Waals surface area contributed by atoms with Crippen molar-refractivity contribution in [1.82, 2.24) is 14.8 Å². The average Bonchev–Trinajstić information content (AvgIpc) is 2.82. The summed E-state index contributed by atoms with van der Waals surface area (Å²) in [7, 11) is 1.83. The molecule has 0 radical (unpaired) electrons. The highest BCUT2D eigenvalue weighted by atomic mass is 16.5. The molecule has 5 nitrogen and oxygen atoms in total. The summed E-state index contributed by atoms with van der Waals surface area (Å²) in [5.74, 6) is 0.220. The zero-order chi connectivity index (χ0) is 16.7. The lowest BCUT2D eigenvalue weighted by Crippen LogP contribution is -2.11. The zero-order valence-electron chi connectivity index (χ0n) is 14.0. The van der Waals surface area contributed by atoms with Crippen LogP contribution in [0.15, 0.2) is 24.4 Å². The Bertz CT molecular complexity index is 926. The van der Waals surface area contributed by atoms with E-state index in [0.29, 0.717) is 11.3 Å². The van der Waals surface area contributed by atoms with Crippen molar-refractivity contribution < 1.29 is 9.53 Å². The van der Waals surface area contributed by atoms with Crippen molar-refractivity contribution in [3.05, 3.63) is 52.3 Å². The second-order valence-corrected chi connectivity index (χ2v) is 5.85. The number of rotatable bonds is 2. The van der Waals surface area contributed by atoms with Crippen LogP contribution in [-0.2, 0) is 7.05 Å². The lowest BCUT2D eigenvalue weighted by atomic mass is 10.1. The molecule has 0 aliphatic carbocycles. The maximum Gasteiger partial charge on any atom is 0.345 e. The monoisotopic (exact) mass is 309 g/mol. The lowest BCUT2D eigenvalue weighted by Gasteiger charge is -2.12. The Balaban J connectivity index is 1.98. The number of aryl methyl sites for hydroxylation is 4. The van der Waals surface area contributed by atoms with E-state index < -0.39 is 5.97 Å². The van der Waals surface area contributed by atoms with Crippen molar-refractivity contribution in [2.45, 2.75) is 27.7 Å². The number of benzene rings is 1. The molecule has 0 bridgehead atoms. The predicted octanol–water partition coefficient (Wildman–Crippen LogP) is 3.42. The van der Waals surface area contributed by atoms with Gasteiger partial charge in [-0.1, -0.05) is 12.1 Å². The highest BCUT2D eigenvalue weighted by Crippen LogP contribution is 2.27. The predicted molar refractivity (Wildman–Crippen MR) is 88.9 cm³/mol. The summed E-state index contributed by atoms with van der Waals surface area (Å²) in [5.41, 5.74) is 5.02. The molecule has 0 amide bonds. The van der Waals surface area contributed by atoms with Crippen LogP contribution in [0.4, 0.5) is 0 Å². The highest BCUT2D eigenvalue weighted by Gasteiger charge is 2.16. The van der Waals surface area contributed by atoms with Crippen molar-refractivity contribution in [2.75, 3.05) is 0 Å². The van der Waals surface area contributed by atoms with E-state index in [9.17, 15) is 4.79 Å². The molecule has 23 heavy (non-hydrogen) atoms. The van der Waals surface area contributed by atoms with Gasteiger partial charge in [0.05, 0.1) is 11.3 Å². The first-order chi connectivity index (χ1) is 10.9. The Morgan fingerprint density at radius 2 is 1.83 bits per heavy atom. The lowest BCUT2D eigenvalue weighted by molar-refractivity contribution is 0.0732. The zero-order valence-corrected chi connectivity index (χ0v) is 14.0. The van der Waals surface area contributed by atoms with Crippen LogP contribution in [0.5, 0.6) is 5.75 Å². The van der Waals surface area contributed by atoms with Crippen LogP contribution in [0.2, 0.25) is 0 Å². The summed E-state index contributed by atoms with van der Waals surface area (Å²) < 4.78 is 7.34. The number of aromatic nitrogens is 3. The standard InChI is InChI=1S/C18H19N3O2/c1-10-6-7-11(2)16(12(10)3)23-18(22)14-8-15-13(4)20-21(5)17(15)19-9-14/h6-9H,1-5H3. The fourth-order valence-electron chi connectivity index (χ4n) is 2.65. The molecule has 0 N–H and O–H groups in total. The normalized spacial score (nSPS) is 11.0. The molecule has 2 aromatic heterocycles. The summed E-state index contributed by atoms with van der Waals surface area (Å²) in [4.78, 5) is 16.8. The van der Waals surface area contributed by atoms with Crippen LogP contribution in [0, 0.1) is 27.7 Å². The molecule has 0 aliphatic rings. The Kier molecular flexibility index (Phi) is 3.64. The molecule has 3 aromatic rings. The first-order valence-corrected chi connectivity index (χ1v) is 7.47. The summed E-state index contributed by atoms with van der Waals surface area (Å²) >= 11 is 0. The Hall–Kier alpha value is -2.69. The van der Waals surface area contributed by atoms with Crippen molar-refractivity contribution in [2.24, 2.45) is 7.05 Å². The van der Waals surface area contributed by atoms with Crippen LogP contribution < -0.4 is 4.74 Å². The second kappa shape index (κ2) is 5.50. The molecule has 0 spiro atoms. The van der Waals surface area contributed by atoms with E-state index in [4.69, 9.17) is 4.74 Å². The number of hydrogen-bond donors (Lipinski definition) is 0. The summed E-state index contributed by atoms with van der Waals surface area (Å²) in [5, 5.41) is 5.18. The van der Waals surface area contributed by atoms with E-state index in [2.05, 4.69) is 10.1 Å². The van der Waals surface area contributed by atoms with Gasteiger partial charge in [-0.15, -0.1) is 0 Å². The smallest absolute Gasteiger partial charge is 0.345 e. The summed E-state index contributed by atoms with van der Waals surface area (Å²) in [6, 6.07) is 5.76. The minimum Gasteiger partial charge on any atom is -0.422 e. The van der Waals surface area contributed by atoms with E-state index in [1.54, 1.807) is 10.7 Å². The van der Waals surface area contributed by atoms with E-state index >= 15 is 0 Å². The first-order valence-electron chi connectivity index (χ1n) is 7.47. The molecule has 0 fully saturated rings. The molecule has 5 heteroatoms. The van der Waals surface area contributed by atoms with Crippen molar-refractivity contribution in [3.63, 3.8) is 0 Å². The van der Waals surface area contributed by atoms with Crippen molar-refractivity contribution in [3.8, 4) is 5.75 Å². The summed E-state index contributed by atoms with van der Waals surface area (Å²) in [6.07, 6.45) is 1.53. The minimum atomic E-state index is -0.403. The Morgan fingerprint density at radius 3 is 2.57 bits per heavy atom. The molecule has 0 saturated carbocycles.